The van der Waals surface area contributed by atoms with Crippen molar-refractivity contribution in [1.82, 2.24) is 19.4 Å². The molecule has 1 unspecified atom stereocenters. The van der Waals surface area contributed by atoms with E-state index in [-0.39, 0.29) is 28.8 Å². The van der Waals surface area contributed by atoms with Crippen LogP contribution in [0.15, 0.2) is 16.9 Å². The second-order valence-corrected chi connectivity index (χ2v) is 11.4. The van der Waals surface area contributed by atoms with E-state index in [0.717, 1.165) is 42.7 Å². The number of hydrogen-bond acceptors (Lipinski definition) is 5. The molecule has 188 valence electrons. The van der Waals surface area contributed by atoms with Gasteiger partial charge in [-0.2, -0.15) is 0 Å². The molecule has 1 aromatic carbocycles. The highest BCUT2D eigenvalue weighted by Crippen LogP contribution is 2.45. The van der Waals surface area contributed by atoms with Crippen molar-refractivity contribution in [2.45, 2.75) is 57.9 Å². The number of aromatic nitrogens is 2. The lowest BCUT2D eigenvalue weighted by atomic mass is 9.72. The van der Waals surface area contributed by atoms with Gasteiger partial charge in [0, 0.05) is 45.1 Å². The Morgan fingerprint density at radius 2 is 1.77 bits per heavy atom. The molecule has 3 amide bonds. The van der Waals surface area contributed by atoms with Gasteiger partial charge in [-0.25, -0.2) is 9.59 Å². The average Bonchev–Trinajstić information content (AvgIpc) is 3.01. The van der Waals surface area contributed by atoms with Crippen LogP contribution in [0.25, 0.3) is 11.0 Å². The highest BCUT2D eigenvalue weighted by molar-refractivity contribution is 6.01. The first-order valence-corrected chi connectivity index (χ1v) is 12.2. The highest BCUT2D eigenvalue weighted by atomic mass is 16.4. The van der Waals surface area contributed by atoms with Crippen LogP contribution in [0.1, 0.15) is 58.1 Å². The number of carbonyl (C=O) groups is 3. The number of carboxylic acid groups (broad SMARTS) is 1. The van der Waals surface area contributed by atoms with E-state index < -0.39 is 18.0 Å². The molecule has 2 aromatic rings. The SMILES string of the molecule is Cn1c(=O)n(C2CCC(=O)NC2=O)c2ccc(C(C)(C)C)c(N3CCC4(CC3)CN(C(=O)O)C4)c21. The zero-order chi connectivity index (χ0) is 25.3. The number of aryl methyl sites for hydroxylation is 1. The summed E-state index contributed by atoms with van der Waals surface area (Å²) in [4.78, 5) is 52.9. The molecule has 0 aliphatic carbocycles. The molecule has 3 fully saturated rings. The van der Waals surface area contributed by atoms with E-state index in [9.17, 15) is 24.3 Å². The number of amides is 3. The number of nitrogens with zero attached hydrogens (tertiary/aromatic N) is 4. The third-order valence-electron chi connectivity index (χ3n) is 8.01. The van der Waals surface area contributed by atoms with Crippen LogP contribution in [0.5, 0.6) is 0 Å². The molecule has 1 aromatic heterocycles. The molecule has 3 saturated heterocycles. The van der Waals surface area contributed by atoms with E-state index in [4.69, 9.17) is 0 Å². The molecule has 3 aliphatic rings. The summed E-state index contributed by atoms with van der Waals surface area (Å²) < 4.78 is 3.17. The summed E-state index contributed by atoms with van der Waals surface area (Å²) in [6.07, 6.45) is 1.42. The van der Waals surface area contributed by atoms with E-state index >= 15 is 0 Å². The summed E-state index contributed by atoms with van der Waals surface area (Å²) in [5, 5.41) is 11.6. The molecule has 1 atom stereocenters. The van der Waals surface area contributed by atoms with E-state index in [1.165, 1.54) is 9.47 Å². The number of fused-ring (bicyclic) bond motifs is 1. The monoisotopic (exact) mass is 483 g/mol. The number of carbonyl (C=O) groups excluding carboxylic acids is 2. The molecule has 3 aliphatic heterocycles. The number of piperidine rings is 2. The minimum atomic E-state index is -0.859. The Labute approximate surface area is 203 Å². The van der Waals surface area contributed by atoms with Gasteiger partial charge in [-0.15, -0.1) is 0 Å². The largest absolute Gasteiger partial charge is 0.465 e. The standard InChI is InChI=1S/C25H33N5O5/c1-24(2,3)15-5-6-16-20(27(4)22(33)30(16)17-7-8-18(31)26-21(17)32)19(15)28-11-9-25(10-12-28)13-29(14-25)23(34)35/h5-6,17H,7-14H2,1-4H3,(H,34,35)(H,26,31,32). The van der Waals surface area contributed by atoms with Gasteiger partial charge in [0.05, 0.1) is 16.7 Å². The highest BCUT2D eigenvalue weighted by Gasteiger charge is 2.47. The number of hydrogen-bond donors (Lipinski definition) is 2. The lowest BCUT2D eigenvalue weighted by Crippen LogP contribution is -2.61. The zero-order valence-electron chi connectivity index (χ0n) is 20.8. The summed E-state index contributed by atoms with van der Waals surface area (Å²) in [6.45, 7) is 9.15. The predicted octanol–water partition coefficient (Wildman–Crippen LogP) is 2.20. The summed E-state index contributed by atoms with van der Waals surface area (Å²) in [7, 11) is 1.74. The zero-order valence-corrected chi connectivity index (χ0v) is 20.8. The number of nitrogens with one attached hydrogen (secondary N) is 1. The third-order valence-corrected chi connectivity index (χ3v) is 8.01. The van der Waals surface area contributed by atoms with Crippen molar-refractivity contribution < 1.29 is 19.5 Å². The molecule has 0 radical (unpaired) electrons. The van der Waals surface area contributed by atoms with Crippen LogP contribution in [0, 0.1) is 5.41 Å². The van der Waals surface area contributed by atoms with Crippen LogP contribution in [-0.4, -0.2) is 63.2 Å². The van der Waals surface area contributed by atoms with Gasteiger partial charge in [0.1, 0.15) is 6.04 Å². The molecule has 10 heteroatoms. The van der Waals surface area contributed by atoms with E-state index in [2.05, 4.69) is 37.1 Å². The van der Waals surface area contributed by atoms with E-state index in [1.54, 1.807) is 11.6 Å². The van der Waals surface area contributed by atoms with Gasteiger partial charge in [-0.3, -0.25) is 24.0 Å². The number of likely N-dealkylation sites (tertiary alicyclic amines) is 1. The van der Waals surface area contributed by atoms with Gasteiger partial charge < -0.3 is 14.9 Å². The fraction of sp³-hybridized carbons (Fsp3) is 0.600. The second kappa shape index (κ2) is 7.86. The van der Waals surface area contributed by atoms with Crippen LogP contribution in [0.2, 0.25) is 0 Å². The minimum absolute atomic E-state index is 0.0369. The molecule has 10 nitrogen and oxygen atoms in total. The quantitative estimate of drug-likeness (QED) is 0.633. The smallest absolute Gasteiger partial charge is 0.407 e. The van der Waals surface area contributed by atoms with Crippen LogP contribution in [0.3, 0.4) is 0 Å². The fourth-order valence-electron chi connectivity index (χ4n) is 6.03. The molecule has 4 heterocycles. The van der Waals surface area contributed by atoms with Crippen molar-refractivity contribution in [3.8, 4) is 0 Å². The first-order valence-electron chi connectivity index (χ1n) is 12.2. The third kappa shape index (κ3) is 3.70. The van der Waals surface area contributed by atoms with Crippen LogP contribution >= 0.6 is 0 Å². The van der Waals surface area contributed by atoms with E-state index in [0.29, 0.717) is 25.0 Å². The Morgan fingerprint density at radius 3 is 2.34 bits per heavy atom. The maximum Gasteiger partial charge on any atom is 0.407 e. The molecule has 5 rings (SSSR count). The lowest BCUT2D eigenvalue weighted by Gasteiger charge is -2.53. The van der Waals surface area contributed by atoms with Gasteiger partial charge in [0.2, 0.25) is 11.8 Å². The summed E-state index contributed by atoms with van der Waals surface area (Å²) in [6, 6.07) is 3.25. The Kier molecular flexibility index (Phi) is 5.26. The average molecular weight is 484 g/mol. The first kappa shape index (κ1) is 23.4. The van der Waals surface area contributed by atoms with Crippen molar-refractivity contribution in [1.29, 1.82) is 0 Å². The van der Waals surface area contributed by atoms with Gasteiger partial charge in [0.25, 0.3) is 0 Å². The minimum Gasteiger partial charge on any atom is -0.465 e. The topological polar surface area (TPSA) is 117 Å². The molecule has 0 bridgehead atoms. The van der Waals surface area contributed by atoms with Gasteiger partial charge >= 0.3 is 11.8 Å². The van der Waals surface area contributed by atoms with Crippen molar-refractivity contribution in [2.24, 2.45) is 12.5 Å². The maximum absolute atomic E-state index is 13.5. The van der Waals surface area contributed by atoms with Gasteiger partial charge in [-0.1, -0.05) is 26.8 Å². The predicted molar refractivity (Wildman–Crippen MR) is 131 cm³/mol. The van der Waals surface area contributed by atoms with Gasteiger partial charge in [-0.05, 0) is 36.3 Å². The number of anilines is 1. The van der Waals surface area contributed by atoms with Crippen molar-refractivity contribution in [2.75, 3.05) is 31.1 Å². The summed E-state index contributed by atoms with van der Waals surface area (Å²) >= 11 is 0. The van der Waals surface area contributed by atoms with Crippen LogP contribution in [0.4, 0.5) is 10.5 Å². The molecule has 1 spiro atoms. The maximum atomic E-state index is 13.5. The number of benzene rings is 1. The molecular formula is C25H33N5O5. The molecular weight excluding hydrogens is 450 g/mol. The molecule has 35 heavy (non-hydrogen) atoms. The number of rotatable bonds is 2. The number of imidazole rings is 1. The lowest BCUT2D eigenvalue weighted by molar-refractivity contribution is -0.135. The van der Waals surface area contributed by atoms with Crippen molar-refractivity contribution >= 4 is 34.6 Å². The first-order chi connectivity index (χ1) is 16.4. The summed E-state index contributed by atoms with van der Waals surface area (Å²) in [5.41, 5.74) is 3.20. The van der Waals surface area contributed by atoms with Crippen LogP contribution in [-0.2, 0) is 22.1 Å². The Hall–Kier alpha value is -3.30. The van der Waals surface area contributed by atoms with E-state index in [1.807, 2.05) is 6.07 Å². The van der Waals surface area contributed by atoms with Crippen LogP contribution < -0.4 is 15.9 Å². The Bertz CT molecular complexity index is 1280. The summed E-state index contributed by atoms with van der Waals surface area (Å²) in [5.74, 6) is -0.750. The fourth-order valence-corrected chi connectivity index (χ4v) is 6.03. The normalized spacial score (nSPS) is 22.5. The van der Waals surface area contributed by atoms with Crippen molar-refractivity contribution in [3.05, 3.63) is 28.2 Å². The van der Waals surface area contributed by atoms with Crippen molar-refractivity contribution in [3.63, 3.8) is 0 Å². The Morgan fingerprint density at radius 1 is 1.11 bits per heavy atom. The van der Waals surface area contributed by atoms with Gasteiger partial charge in [0.15, 0.2) is 0 Å². The molecule has 2 N–H and O–H groups in total. The Balaban J connectivity index is 1.58. The molecule has 0 saturated carbocycles. The second-order valence-electron chi connectivity index (χ2n) is 11.4. The number of imide groups is 1.